The van der Waals surface area contributed by atoms with Crippen LogP contribution in [0.3, 0.4) is 0 Å². The van der Waals surface area contributed by atoms with Crippen LogP contribution < -0.4 is 10.2 Å². The molecule has 1 aromatic carbocycles. The minimum absolute atomic E-state index is 0.124. The summed E-state index contributed by atoms with van der Waals surface area (Å²) in [5, 5.41) is 2.86. The largest absolute Gasteiger partial charge is 0.360 e. The van der Waals surface area contributed by atoms with Gasteiger partial charge >= 0.3 is 0 Å². The number of carbonyl (C=O) groups excluding carboxylic acids is 1. The van der Waals surface area contributed by atoms with Crippen molar-refractivity contribution in [1.82, 2.24) is 4.98 Å². The summed E-state index contributed by atoms with van der Waals surface area (Å²) in [7, 11) is 0. The molecule has 3 rings (SSSR count). The molecule has 0 saturated carbocycles. The smallest absolute Gasteiger partial charge is 0.256 e. The van der Waals surface area contributed by atoms with Crippen molar-refractivity contribution in [2.24, 2.45) is 0 Å². The molecule has 0 unspecified atom stereocenters. The second kappa shape index (κ2) is 7.87. The summed E-state index contributed by atoms with van der Waals surface area (Å²) >= 11 is 0. The Bertz CT molecular complexity index is 743. The van der Waals surface area contributed by atoms with Crippen LogP contribution in [-0.4, -0.2) is 54.6 Å². The summed E-state index contributed by atoms with van der Waals surface area (Å²) in [5.41, 5.74) is 2.73. The number of aromatic nitrogens is 1. The lowest BCUT2D eigenvalue weighted by Crippen LogP contribution is -2.59. The molecule has 1 N–H and O–H groups in total. The molecule has 5 heteroatoms. The van der Waals surface area contributed by atoms with E-state index in [9.17, 15) is 4.79 Å². The Morgan fingerprint density at radius 2 is 1.73 bits per heavy atom. The summed E-state index contributed by atoms with van der Waals surface area (Å²) in [4.78, 5) is 19.1. The van der Waals surface area contributed by atoms with E-state index < -0.39 is 0 Å². The van der Waals surface area contributed by atoms with Gasteiger partial charge in [0.05, 0.1) is 39.3 Å². The van der Waals surface area contributed by atoms with Crippen LogP contribution in [0.4, 0.5) is 11.5 Å². The van der Waals surface area contributed by atoms with Crippen molar-refractivity contribution in [3.63, 3.8) is 0 Å². The number of anilines is 2. The third kappa shape index (κ3) is 4.05. The highest BCUT2D eigenvalue weighted by molar-refractivity contribution is 6.03. The molecule has 2 heterocycles. The molecule has 5 nitrogen and oxygen atoms in total. The number of rotatable bonds is 5. The maximum atomic E-state index is 12.4. The number of nitrogens with zero attached hydrogens (tertiary/aromatic N) is 3. The number of pyridine rings is 1. The van der Waals surface area contributed by atoms with Gasteiger partial charge in [-0.05, 0) is 57.2 Å². The van der Waals surface area contributed by atoms with Gasteiger partial charge in [-0.25, -0.2) is 4.98 Å². The van der Waals surface area contributed by atoms with E-state index in [1.54, 1.807) is 6.07 Å². The number of carbonyl (C=O) groups is 1. The van der Waals surface area contributed by atoms with Gasteiger partial charge in [0.15, 0.2) is 0 Å². The van der Waals surface area contributed by atoms with Crippen LogP contribution in [-0.2, 0) is 0 Å². The lowest BCUT2D eigenvalue weighted by molar-refractivity contribution is -0.925. The van der Waals surface area contributed by atoms with E-state index >= 15 is 0 Å². The van der Waals surface area contributed by atoms with E-state index in [0.29, 0.717) is 11.4 Å². The molecular formula is C21H29N4O+. The summed E-state index contributed by atoms with van der Waals surface area (Å²) in [6.07, 6.45) is 0. The highest BCUT2D eigenvalue weighted by Gasteiger charge is 2.29. The first-order chi connectivity index (χ1) is 12.5. The van der Waals surface area contributed by atoms with E-state index in [2.05, 4.69) is 41.2 Å². The fraction of sp³-hybridized carbons (Fsp3) is 0.429. The second-order valence-corrected chi connectivity index (χ2v) is 7.07. The predicted octanol–water partition coefficient (Wildman–Crippen LogP) is 3.32. The van der Waals surface area contributed by atoms with Crippen LogP contribution in [0.15, 0.2) is 42.5 Å². The van der Waals surface area contributed by atoms with Gasteiger partial charge < -0.3 is 14.7 Å². The number of hydrogen-bond donors (Lipinski definition) is 1. The van der Waals surface area contributed by atoms with Crippen molar-refractivity contribution in [3.05, 3.63) is 53.7 Å². The highest BCUT2D eigenvalue weighted by Crippen LogP contribution is 2.21. The van der Waals surface area contributed by atoms with Gasteiger partial charge in [-0.1, -0.05) is 6.07 Å². The zero-order valence-corrected chi connectivity index (χ0v) is 16.0. The minimum atomic E-state index is -0.124. The van der Waals surface area contributed by atoms with Gasteiger partial charge in [0.2, 0.25) is 0 Å². The first-order valence-electron chi connectivity index (χ1n) is 9.50. The minimum Gasteiger partial charge on any atom is -0.360 e. The maximum absolute atomic E-state index is 12.4. The predicted molar refractivity (Wildman–Crippen MR) is 107 cm³/mol. The van der Waals surface area contributed by atoms with Crippen LogP contribution >= 0.6 is 0 Å². The zero-order chi connectivity index (χ0) is 18.6. The summed E-state index contributed by atoms with van der Waals surface area (Å²) in [6, 6.07) is 13.5. The zero-order valence-electron chi connectivity index (χ0n) is 16.0. The van der Waals surface area contributed by atoms with Gasteiger partial charge in [-0.2, -0.15) is 0 Å². The van der Waals surface area contributed by atoms with Crippen LogP contribution in [0, 0.1) is 6.92 Å². The molecule has 0 atom stereocenters. The van der Waals surface area contributed by atoms with Gasteiger partial charge in [-0.15, -0.1) is 0 Å². The summed E-state index contributed by atoms with van der Waals surface area (Å²) < 4.78 is 1.21. The number of quaternary nitrogens is 1. The van der Waals surface area contributed by atoms with Crippen LogP contribution in [0.25, 0.3) is 0 Å². The number of nitrogens with one attached hydrogen (secondary N) is 1. The first-order valence-corrected chi connectivity index (χ1v) is 9.50. The fourth-order valence-corrected chi connectivity index (χ4v) is 3.63. The number of likely N-dealkylation sites (N-methyl/N-ethyl adjacent to an activating group) is 1. The molecule has 138 valence electrons. The van der Waals surface area contributed by atoms with Gasteiger partial charge in [0, 0.05) is 16.9 Å². The molecule has 2 aromatic rings. The number of hydrogen-bond acceptors (Lipinski definition) is 3. The Morgan fingerprint density at radius 3 is 2.31 bits per heavy atom. The lowest BCUT2D eigenvalue weighted by atomic mass is 10.1. The van der Waals surface area contributed by atoms with E-state index in [0.717, 1.165) is 18.8 Å². The topological polar surface area (TPSA) is 45.2 Å². The maximum Gasteiger partial charge on any atom is 0.256 e. The number of benzene rings is 1. The van der Waals surface area contributed by atoms with Gasteiger partial charge in [-0.3, -0.25) is 4.79 Å². The Kier molecular flexibility index (Phi) is 5.57. The van der Waals surface area contributed by atoms with E-state index in [-0.39, 0.29) is 5.91 Å². The Morgan fingerprint density at radius 1 is 1.08 bits per heavy atom. The molecule has 1 aliphatic heterocycles. The quantitative estimate of drug-likeness (QED) is 0.839. The standard InChI is InChI=1S/C21H28N4O/c1-4-25(5-2)15-13-24(14-16-25)19-11-9-18(10-12-19)21(26)23-20-8-6-7-17(3)22-20/h6-12H,4-5,13-16H2,1-3H3/p+1. The fourth-order valence-electron chi connectivity index (χ4n) is 3.63. The van der Waals surface area contributed by atoms with Crippen LogP contribution in [0.5, 0.6) is 0 Å². The van der Waals surface area contributed by atoms with Crippen molar-refractivity contribution in [1.29, 1.82) is 0 Å². The van der Waals surface area contributed by atoms with Crippen molar-refractivity contribution >= 4 is 17.4 Å². The molecule has 1 saturated heterocycles. The van der Waals surface area contributed by atoms with Crippen molar-refractivity contribution in [2.75, 3.05) is 49.5 Å². The number of amides is 1. The molecule has 1 fully saturated rings. The van der Waals surface area contributed by atoms with E-state index in [4.69, 9.17) is 0 Å². The molecule has 1 aliphatic rings. The molecule has 26 heavy (non-hydrogen) atoms. The van der Waals surface area contributed by atoms with Gasteiger partial charge in [0.25, 0.3) is 5.91 Å². The molecule has 1 amide bonds. The summed E-state index contributed by atoms with van der Waals surface area (Å²) in [6.45, 7) is 13.4. The Hall–Kier alpha value is -2.40. The van der Waals surface area contributed by atoms with Crippen molar-refractivity contribution in [2.45, 2.75) is 20.8 Å². The van der Waals surface area contributed by atoms with Crippen LogP contribution in [0.1, 0.15) is 29.9 Å². The lowest BCUT2D eigenvalue weighted by Gasteiger charge is -2.44. The third-order valence-corrected chi connectivity index (χ3v) is 5.65. The molecule has 0 aliphatic carbocycles. The average molecular weight is 353 g/mol. The Balaban J connectivity index is 1.63. The van der Waals surface area contributed by atoms with E-state index in [1.165, 1.54) is 36.3 Å². The molecular weight excluding hydrogens is 324 g/mol. The monoisotopic (exact) mass is 353 g/mol. The second-order valence-electron chi connectivity index (χ2n) is 7.07. The van der Waals surface area contributed by atoms with E-state index in [1.807, 2.05) is 31.2 Å². The average Bonchev–Trinajstić information content (AvgIpc) is 2.68. The van der Waals surface area contributed by atoms with Crippen molar-refractivity contribution < 1.29 is 9.28 Å². The molecule has 1 aromatic heterocycles. The first kappa shape index (κ1) is 18.4. The number of aryl methyl sites for hydroxylation is 1. The normalized spacial score (nSPS) is 16.3. The molecule has 0 bridgehead atoms. The third-order valence-electron chi connectivity index (χ3n) is 5.65. The highest BCUT2D eigenvalue weighted by atomic mass is 16.1. The van der Waals surface area contributed by atoms with Gasteiger partial charge in [0.1, 0.15) is 5.82 Å². The SMILES string of the molecule is CC[N+]1(CC)CCN(c2ccc(C(=O)Nc3cccc(C)n3)cc2)CC1. The number of piperazine rings is 1. The van der Waals surface area contributed by atoms with Crippen LogP contribution in [0.2, 0.25) is 0 Å². The van der Waals surface area contributed by atoms with Crippen molar-refractivity contribution in [3.8, 4) is 0 Å². The molecule has 0 radical (unpaired) electrons. The summed E-state index contributed by atoms with van der Waals surface area (Å²) in [5.74, 6) is 0.462. The molecule has 0 spiro atoms. The Labute approximate surface area is 156 Å².